The molecule has 1 aromatic rings. The molecular weight excluding hydrogens is 315 g/mol. The second-order valence-electron chi connectivity index (χ2n) is 7.26. The molecule has 2 aliphatic heterocycles. The molecule has 0 radical (unpaired) electrons. The third-order valence-corrected chi connectivity index (χ3v) is 4.05. The van der Waals surface area contributed by atoms with Crippen LogP contribution in [0.4, 0.5) is 9.18 Å². The van der Waals surface area contributed by atoms with Crippen LogP contribution < -0.4 is 10.1 Å². The van der Waals surface area contributed by atoms with Crippen molar-refractivity contribution >= 4 is 12.0 Å². The van der Waals surface area contributed by atoms with E-state index >= 15 is 0 Å². The summed E-state index contributed by atoms with van der Waals surface area (Å²) in [5, 5.41) is 2.76. The fraction of sp³-hybridized carbons (Fsp3) is 0.529. The quantitative estimate of drug-likeness (QED) is 0.789. The van der Waals surface area contributed by atoms with Gasteiger partial charge in [-0.1, -0.05) is 0 Å². The molecule has 1 fully saturated rings. The minimum Gasteiger partial charge on any atom is -0.483 e. The van der Waals surface area contributed by atoms with Gasteiger partial charge in [-0.05, 0) is 39.0 Å². The molecule has 1 atom stereocenters. The van der Waals surface area contributed by atoms with Crippen LogP contribution in [0.15, 0.2) is 18.2 Å². The van der Waals surface area contributed by atoms with Gasteiger partial charge in [-0.3, -0.25) is 4.79 Å². The Morgan fingerprint density at radius 2 is 2.17 bits per heavy atom. The normalized spacial score (nSPS) is 23.3. The topological polar surface area (TPSA) is 67.9 Å². The summed E-state index contributed by atoms with van der Waals surface area (Å²) >= 11 is 0. The minimum absolute atomic E-state index is 0.169. The predicted molar refractivity (Wildman–Crippen MR) is 84.5 cm³/mol. The average molecular weight is 336 g/mol. The molecule has 2 amide bonds. The van der Waals surface area contributed by atoms with E-state index in [9.17, 15) is 14.0 Å². The molecule has 130 valence electrons. The number of rotatable bonds is 0. The third kappa shape index (κ3) is 3.29. The van der Waals surface area contributed by atoms with E-state index in [-0.39, 0.29) is 18.0 Å². The first-order valence-corrected chi connectivity index (χ1v) is 7.92. The van der Waals surface area contributed by atoms with Crippen molar-refractivity contribution in [2.45, 2.75) is 38.4 Å². The lowest BCUT2D eigenvalue weighted by molar-refractivity contribution is 0.0216. The van der Waals surface area contributed by atoms with Gasteiger partial charge in [-0.2, -0.15) is 0 Å². The Hall–Kier alpha value is -2.31. The Bertz CT molecular complexity index is 686. The molecule has 1 saturated heterocycles. The Balaban J connectivity index is 1.79. The molecule has 2 aliphatic rings. The van der Waals surface area contributed by atoms with Crippen LogP contribution in [0.3, 0.4) is 0 Å². The Morgan fingerprint density at radius 3 is 2.88 bits per heavy atom. The number of nitrogens with zero attached hydrogens (tertiary/aromatic N) is 1. The predicted octanol–water partition coefficient (Wildman–Crippen LogP) is 2.33. The molecule has 6 nitrogen and oxygen atoms in total. The van der Waals surface area contributed by atoms with Gasteiger partial charge < -0.3 is 19.7 Å². The summed E-state index contributed by atoms with van der Waals surface area (Å²) in [5.41, 5.74) is -1.13. The van der Waals surface area contributed by atoms with E-state index < -0.39 is 23.1 Å². The lowest BCUT2D eigenvalue weighted by Gasteiger charge is -2.29. The van der Waals surface area contributed by atoms with Crippen molar-refractivity contribution in [3.63, 3.8) is 0 Å². The number of amides is 2. The van der Waals surface area contributed by atoms with Crippen LogP contribution in [0.1, 0.15) is 37.6 Å². The number of hydrogen-bond acceptors (Lipinski definition) is 4. The molecule has 0 aliphatic carbocycles. The van der Waals surface area contributed by atoms with Crippen LogP contribution in [0.2, 0.25) is 0 Å². The highest BCUT2D eigenvalue weighted by molar-refractivity contribution is 5.97. The molecule has 3 rings (SSSR count). The number of carbonyl (C=O) groups excluding carboxylic acids is 2. The van der Waals surface area contributed by atoms with Crippen molar-refractivity contribution < 1.29 is 23.5 Å². The zero-order chi connectivity index (χ0) is 17.5. The van der Waals surface area contributed by atoms with Gasteiger partial charge >= 0.3 is 6.09 Å². The summed E-state index contributed by atoms with van der Waals surface area (Å²) in [6, 6.07) is 3.86. The summed E-state index contributed by atoms with van der Waals surface area (Å²) in [6.07, 6.45) is 0.154. The van der Waals surface area contributed by atoms with Crippen LogP contribution in [0.5, 0.6) is 5.75 Å². The van der Waals surface area contributed by atoms with E-state index in [4.69, 9.17) is 9.47 Å². The summed E-state index contributed by atoms with van der Waals surface area (Å²) < 4.78 is 24.8. The van der Waals surface area contributed by atoms with E-state index in [1.807, 2.05) is 20.8 Å². The van der Waals surface area contributed by atoms with Gasteiger partial charge in [0.1, 0.15) is 22.8 Å². The minimum atomic E-state index is -0.727. The number of fused-ring (bicyclic) bond motifs is 1. The molecule has 0 saturated carbocycles. The zero-order valence-electron chi connectivity index (χ0n) is 14.0. The molecule has 0 unspecified atom stereocenters. The van der Waals surface area contributed by atoms with E-state index in [0.29, 0.717) is 25.3 Å². The molecule has 0 aromatic heterocycles. The van der Waals surface area contributed by atoms with Crippen molar-refractivity contribution in [3.05, 3.63) is 29.6 Å². The highest BCUT2D eigenvalue weighted by Gasteiger charge is 2.45. The smallest absolute Gasteiger partial charge is 0.410 e. The number of carbonyl (C=O) groups is 2. The summed E-state index contributed by atoms with van der Waals surface area (Å²) in [5.74, 6) is -0.542. The number of ether oxygens (including phenoxy) is 2. The van der Waals surface area contributed by atoms with Crippen molar-refractivity contribution in [3.8, 4) is 5.75 Å². The van der Waals surface area contributed by atoms with Crippen molar-refractivity contribution in [1.82, 2.24) is 10.2 Å². The van der Waals surface area contributed by atoms with E-state index in [1.54, 1.807) is 4.90 Å². The molecule has 1 aromatic carbocycles. The first-order chi connectivity index (χ1) is 11.2. The first kappa shape index (κ1) is 16.5. The number of likely N-dealkylation sites (tertiary alicyclic amines) is 1. The van der Waals surface area contributed by atoms with Gasteiger partial charge in [0, 0.05) is 13.0 Å². The largest absolute Gasteiger partial charge is 0.483 e. The Kier molecular flexibility index (Phi) is 3.89. The van der Waals surface area contributed by atoms with Crippen molar-refractivity contribution in [1.29, 1.82) is 0 Å². The maximum Gasteiger partial charge on any atom is 0.410 e. The third-order valence-electron chi connectivity index (χ3n) is 4.05. The van der Waals surface area contributed by atoms with E-state index in [0.717, 1.165) is 6.07 Å². The second-order valence-corrected chi connectivity index (χ2v) is 7.26. The summed E-state index contributed by atoms with van der Waals surface area (Å²) in [7, 11) is 0. The van der Waals surface area contributed by atoms with Gasteiger partial charge in [0.15, 0.2) is 0 Å². The zero-order valence-corrected chi connectivity index (χ0v) is 14.0. The molecule has 24 heavy (non-hydrogen) atoms. The number of benzene rings is 1. The molecule has 0 bridgehead atoms. The van der Waals surface area contributed by atoms with Crippen molar-refractivity contribution in [2.75, 3.05) is 19.6 Å². The Labute approximate surface area is 139 Å². The number of hydrogen-bond donors (Lipinski definition) is 1. The lowest BCUT2D eigenvalue weighted by Crippen LogP contribution is -2.48. The molecule has 2 heterocycles. The average Bonchev–Trinajstić information content (AvgIpc) is 2.84. The van der Waals surface area contributed by atoms with Crippen LogP contribution in [-0.4, -0.2) is 47.7 Å². The lowest BCUT2D eigenvalue weighted by atomic mass is 10.0. The SMILES string of the molecule is CC(C)(C)OC(=O)N1CC[C@@]2(CNC(=O)c3cc(F)ccc3O2)C1. The van der Waals surface area contributed by atoms with Gasteiger partial charge in [0.05, 0.1) is 18.7 Å². The fourth-order valence-electron chi connectivity index (χ4n) is 2.93. The molecule has 7 heteroatoms. The number of halogens is 1. The molecular formula is C17H21FN2O4. The van der Waals surface area contributed by atoms with Gasteiger partial charge in [-0.15, -0.1) is 0 Å². The first-order valence-electron chi connectivity index (χ1n) is 7.92. The standard InChI is InChI=1S/C17H21FN2O4/c1-16(2,3)24-15(22)20-7-6-17(10-20)9-19-14(21)12-8-11(18)4-5-13(12)23-17/h4-5,8H,6-7,9-10H2,1-3H3,(H,19,21)/t17-/m1/s1. The molecule has 1 N–H and O–H groups in total. The van der Waals surface area contributed by atoms with Crippen LogP contribution in [0, 0.1) is 5.82 Å². The van der Waals surface area contributed by atoms with Crippen molar-refractivity contribution in [2.24, 2.45) is 0 Å². The maximum atomic E-state index is 13.4. The van der Waals surface area contributed by atoms with E-state index in [1.165, 1.54) is 12.1 Å². The van der Waals surface area contributed by atoms with Gasteiger partial charge in [-0.25, -0.2) is 9.18 Å². The number of nitrogens with one attached hydrogen (secondary N) is 1. The highest BCUT2D eigenvalue weighted by Crippen LogP contribution is 2.33. The summed E-state index contributed by atoms with van der Waals surface area (Å²) in [6.45, 7) is 6.46. The van der Waals surface area contributed by atoms with Gasteiger partial charge in [0.2, 0.25) is 0 Å². The maximum absolute atomic E-state index is 13.4. The fourth-order valence-corrected chi connectivity index (χ4v) is 2.93. The second kappa shape index (κ2) is 5.65. The monoisotopic (exact) mass is 336 g/mol. The Morgan fingerprint density at radius 1 is 1.42 bits per heavy atom. The summed E-state index contributed by atoms with van der Waals surface area (Å²) in [4.78, 5) is 26.0. The van der Waals surface area contributed by atoms with Crippen LogP contribution in [-0.2, 0) is 4.74 Å². The molecule has 1 spiro atoms. The van der Waals surface area contributed by atoms with E-state index in [2.05, 4.69) is 5.32 Å². The highest BCUT2D eigenvalue weighted by atomic mass is 19.1. The van der Waals surface area contributed by atoms with Crippen LogP contribution >= 0.6 is 0 Å². The van der Waals surface area contributed by atoms with Gasteiger partial charge in [0.25, 0.3) is 5.91 Å². The van der Waals surface area contributed by atoms with Crippen LogP contribution in [0.25, 0.3) is 0 Å².